The molecule has 1 saturated heterocycles. The molecule has 4 atom stereocenters. The molecule has 0 unspecified atom stereocenters. The molecule has 3 aromatic rings. The van der Waals surface area contributed by atoms with E-state index in [1.165, 1.54) is 0 Å². The number of imidazole rings is 1. The van der Waals surface area contributed by atoms with Crippen LogP contribution in [-0.2, 0) is 0 Å². The molecule has 7 heteroatoms. The molecule has 2 fully saturated rings. The Balaban J connectivity index is 1.33. The maximum Gasteiger partial charge on any atom is 0.255 e. The molecule has 7 nitrogen and oxygen atoms in total. The van der Waals surface area contributed by atoms with E-state index in [1.807, 2.05) is 35.5 Å². The van der Waals surface area contributed by atoms with Crippen molar-refractivity contribution in [2.45, 2.75) is 25.0 Å². The second kappa shape index (κ2) is 7.15. The van der Waals surface area contributed by atoms with Gasteiger partial charge in [-0.2, -0.15) is 0 Å². The van der Waals surface area contributed by atoms with Crippen LogP contribution < -0.4 is 4.74 Å². The molecule has 1 amide bonds. The van der Waals surface area contributed by atoms with Crippen LogP contribution in [0.15, 0.2) is 48.9 Å². The third-order valence-corrected chi connectivity index (χ3v) is 6.43. The number of aromatic nitrogens is 3. The quantitative estimate of drug-likeness (QED) is 0.741. The van der Waals surface area contributed by atoms with E-state index in [2.05, 4.69) is 14.5 Å². The summed E-state index contributed by atoms with van der Waals surface area (Å²) in [6.07, 6.45) is 4.51. The van der Waals surface area contributed by atoms with Crippen molar-refractivity contribution < 1.29 is 14.6 Å². The molecule has 1 aliphatic carbocycles. The molecule has 2 aromatic heterocycles. The minimum atomic E-state index is -0.438. The Kier molecular flexibility index (Phi) is 4.47. The Bertz CT molecular complexity index is 1030. The van der Waals surface area contributed by atoms with Gasteiger partial charge in [0.05, 0.1) is 42.2 Å². The summed E-state index contributed by atoms with van der Waals surface area (Å²) in [4.78, 5) is 23.5. The molecule has 0 bridgehead atoms. The highest BCUT2D eigenvalue weighted by molar-refractivity contribution is 5.94. The number of aliphatic hydroxyl groups is 1. The summed E-state index contributed by atoms with van der Waals surface area (Å²) < 4.78 is 7.18. The first-order chi connectivity index (χ1) is 14.1. The van der Waals surface area contributed by atoms with Crippen LogP contribution in [0.1, 0.15) is 29.2 Å². The third-order valence-electron chi connectivity index (χ3n) is 6.43. The van der Waals surface area contributed by atoms with Gasteiger partial charge < -0.3 is 19.3 Å². The zero-order valence-electron chi connectivity index (χ0n) is 16.3. The van der Waals surface area contributed by atoms with Crippen LogP contribution in [0.25, 0.3) is 11.0 Å². The summed E-state index contributed by atoms with van der Waals surface area (Å²) in [5.74, 6) is 1.19. The molecule has 0 spiro atoms. The number of pyridine rings is 1. The number of nitrogens with zero attached hydrogens (tertiary/aromatic N) is 4. The number of ether oxygens (including phenoxy) is 1. The average Bonchev–Trinajstić information content (AvgIpc) is 3.36. The second-order valence-corrected chi connectivity index (χ2v) is 8.07. The number of carbonyl (C=O) groups is 1. The van der Waals surface area contributed by atoms with E-state index in [-0.39, 0.29) is 11.9 Å². The van der Waals surface area contributed by atoms with E-state index < -0.39 is 6.10 Å². The number of methoxy groups -OCH3 is 1. The van der Waals surface area contributed by atoms with E-state index in [1.54, 1.807) is 25.4 Å². The molecule has 150 valence electrons. The summed E-state index contributed by atoms with van der Waals surface area (Å²) in [5, 5.41) is 10.9. The Morgan fingerprint density at radius 3 is 2.66 bits per heavy atom. The predicted molar refractivity (Wildman–Crippen MR) is 108 cm³/mol. The first-order valence-electron chi connectivity index (χ1n) is 10.0. The van der Waals surface area contributed by atoms with Crippen LogP contribution in [-0.4, -0.2) is 56.8 Å². The highest BCUT2D eigenvalue weighted by Gasteiger charge is 2.43. The topological polar surface area (TPSA) is 80.5 Å². The molecule has 2 aliphatic rings. The van der Waals surface area contributed by atoms with Crippen LogP contribution in [0.2, 0.25) is 0 Å². The fourth-order valence-corrected chi connectivity index (χ4v) is 4.92. The zero-order valence-corrected chi connectivity index (χ0v) is 16.3. The monoisotopic (exact) mass is 392 g/mol. The van der Waals surface area contributed by atoms with Gasteiger partial charge in [-0.25, -0.2) is 9.97 Å². The number of benzene rings is 1. The molecule has 3 heterocycles. The van der Waals surface area contributed by atoms with Crippen molar-refractivity contribution in [1.29, 1.82) is 0 Å². The maximum absolute atomic E-state index is 12.9. The summed E-state index contributed by atoms with van der Waals surface area (Å²) in [7, 11) is 1.56. The molecule has 1 saturated carbocycles. The number of aliphatic hydroxyl groups excluding tert-OH is 1. The van der Waals surface area contributed by atoms with Gasteiger partial charge in [0.2, 0.25) is 5.88 Å². The number of hydrogen-bond donors (Lipinski definition) is 1. The van der Waals surface area contributed by atoms with Crippen LogP contribution >= 0.6 is 0 Å². The van der Waals surface area contributed by atoms with E-state index in [9.17, 15) is 9.90 Å². The Morgan fingerprint density at radius 2 is 1.90 bits per heavy atom. The average molecular weight is 392 g/mol. The number of fused-ring (bicyclic) bond motifs is 2. The predicted octanol–water partition coefficient (Wildman–Crippen LogP) is 2.52. The van der Waals surface area contributed by atoms with Gasteiger partial charge in [-0.3, -0.25) is 4.79 Å². The number of likely N-dealkylation sites (tertiary alicyclic amines) is 1. The van der Waals surface area contributed by atoms with E-state index in [0.717, 1.165) is 17.5 Å². The van der Waals surface area contributed by atoms with Crippen molar-refractivity contribution in [1.82, 2.24) is 19.4 Å². The van der Waals surface area contributed by atoms with Gasteiger partial charge in [0, 0.05) is 25.4 Å². The minimum Gasteiger partial charge on any atom is -0.481 e. The summed E-state index contributed by atoms with van der Waals surface area (Å²) in [6, 6.07) is 11.5. The Labute approximate surface area is 168 Å². The van der Waals surface area contributed by atoms with Crippen molar-refractivity contribution in [3.63, 3.8) is 0 Å². The minimum absolute atomic E-state index is 0.00586. The second-order valence-electron chi connectivity index (χ2n) is 8.07. The standard InChI is InChI=1S/C22H24N4O3/c1-29-21-7-6-14(10-23-21)22(28)25-11-15-8-19(20(27)9-16(15)12-25)26-13-24-17-4-2-3-5-18(17)26/h2-7,10,13,15-16,19-20,27H,8-9,11-12H2,1H3/t15-,16+,19-,20-/m1/s1. The summed E-state index contributed by atoms with van der Waals surface area (Å²) in [5.41, 5.74) is 2.56. The van der Waals surface area contributed by atoms with Gasteiger partial charge in [0.15, 0.2) is 0 Å². The lowest BCUT2D eigenvalue weighted by Gasteiger charge is -2.36. The Morgan fingerprint density at radius 1 is 1.10 bits per heavy atom. The van der Waals surface area contributed by atoms with Crippen molar-refractivity contribution >= 4 is 16.9 Å². The van der Waals surface area contributed by atoms with Crippen molar-refractivity contribution in [3.05, 3.63) is 54.5 Å². The zero-order chi connectivity index (χ0) is 20.0. The van der Waals surface area contributed by atoms with Gasteiger partial charge in [-0.15, -0.1) is 0 Å². The lowest BCUT2D eigenvalue weighted by molar-refractivity contribution is 0.0374. The lowest BCUT2D eigenvalue weighted by atomic mass is 9.77. The highest BCUT2D eigenvalue weighted by Crippen LogP contribution is 2.42. The maximum atomic E-state index is 12.9. The van der Waals surface area contributed by atoms with Crippen molar-refractivity contribution in [2.75, 3.05) is 20.2 Å². The van der Waals surface area contributed by atoms with Crippen LogP contribution in [0, 0.1) is 11.8 Å². The highest BCUT2D eigenvalue weighted by atomic mass is 16.5. The molecule has 5 rings (SSSR count). The van der Waals surface area contributed by atoms with Crippen LogP contribution in [0.4, 0.5) is 0 Å². The van der Waals surface area contributed by atoms with E-state index >= 15 is 0 Å². The van der Waals surface area contributed by atoms with E-state index in [4.69, 9.17) is 4.74 Å². The van der Waals surface area contributed by atoms with Crippen molar-refractivity contribution in [2.24, 2.45) is 11.8 Å². The first-order valence-corrected chi connectivity index (χ1v) is 10.0. The molecule has 0 radical (unpaired) electrons. The van der Waals surface area contributed by atoms with Gasteiger partial charge in [-0.1, -0.05) is 12.1 Å². The van der Waals surface area contributed by atoms with Gasteiger partial charge in [-0.05, 0) is 42.9 Å². The van der Waals surface area contributed by atoms with Crippen LogP contribution in [0.5, 0.6) is 5.88 Å². The van der Waals surface area contributed by atoms with Crippen molar-refractivity contribution in [3.8, 4) is 5.88 Å². The fraction of sp³-hybridized carbons (Fsp3) is 0.409. The van der Waals surface area contributed by atoms with Gasteiger partial charge >= 0.3 is 0 Å². The molecule has 1 aliphatic heterocycles. The largest absolute Gasteiger partial charge is 0.481 e. The number of amides is 1. The van der Waals surface area contributed by atoms with Gasteiger partial charge in [0.25, 0.3) is 5.91 Å². The van der Waals surface area contributed by atoms with Gasteiger partial charge in [0.1, 0.15) is 0 Å². The number of hydrogen-bond acceptors (Lipinski definition) is 5. The smallest absolute Gasteiger partial charge is 0.255 e. The summed E-state index contributed by atoms with van der Waals surface area (Å²) >= 11 is 0. The fourth-order valence-electron chi connectivity index (χ4n) is 4.92. The SMILES string of the molecule is COc1ccc(C(=O)N2C[C@H]3C[C@@H](n4cnc5ccccc54)[C@H](O)C[C@H]3C2)cn1. The van der Waals surface area contributed by atoms with E-state index in [0.29, 0.717) is 42.8 Å². The number of carbonyl (C=O) groups excluding carboxylic acids is 1. The lowest BCUT2D eigenvalue weighted by Crippen LogP contribution is -2.36. The molecular formula is C22H24N4O3. The number of rotatable bonds is 3. The van der Waals surface area contributed by atoms with Crippen LogP contribution in [0.3, 0.4) is 0 Å². The Hall–Kier alpha value is -2.93. The molecular weight excluding hydrogens is 368 g/mol. The summed E-state index contributed by atoms with van der Waals surface area (Å²) in [6.45, 7) is 1.40. The molecule has 1 N–H and O–H groups in total. The number of para-hydroxylation sites is 2. The molecule has 29 heavy (non-hydrogen) atoms. The molecule has 1 aromatic carbocycles. The first kappa shape index (κ1) is 18.1. The normalized spacial score (nSPS) is 26.5. The third kappa shape index (κ3) is 3.15.